The zero-order valence-corrected chi connectivity index (χ0v) is 10.3. The van der Waals surface area contributed by atoms with E-state index in [1.165, 1.54) is 31.2 Å². The van der Waals surface area contributed by atoms with Crippen LogP contribution in [0.4, 0.5) is 0 Å². The van der Waals surface area contributed by atoms with Crippen LogP contribution in [0, 0.1) is 0 Å². The minimum absolute atomic E-state index is 0.552. The smallest absolute Gasteiger partial charge is 0.0619 e. The maximum atomic E-state index is 5.50. The highest BCUT2D eigenvalue weighted by Crippen LogP contribution is 2.41. The largest absolute Gasteiger partial charge is 0.380 e. The first kappa shape index (κ1) is 11.2. The van der Waals surface area contributed by atoms with E-state index >= 15 is 0 Å². The van der Waals surface area contributed by atoms with Crippen molar-refractivity contribution in [2.75, 3.05) is 13.2 Å². The van der Waals surface area contributed by atoms with Gasteiger partial charge in [0.2, 0.25) is 0 Å². The van der Waals surface area contributed by atoms with Gasteiger partial charge in [0.05, 0.1) is 6.61 Å². The molecule has 1 atom stereocenters. The fraction of sp³-hybridized carbons (Fsp3) is 0.600. The van der Waals surface area contributed by atoms with Crippen molar-refractivity contribution in [3.05, 3.63) is 35.4 Å². The molecule has 2 nitrogen and oxygen atoms in total. The summed E-state index contributed by atoms with van der Waals surface area (Å²) in [6, 6.07) is 9.44. The second-order valence-electron chi connectivity index (χ2n) is 5.27. The van der Waals surface area contributed by atoms with Crippen LogP contribution < -0.4 is 5.32 Å². The van der Waals surface area contributed by atoms with E-state index in [0.717, 1.165) is 25.7 Å². The summed E-state index contributed by atoms with van der Waals surface area (Å²) >= 11 is 0. The third-order valence-electron chi connectivity index (χ3n) is 3.81. The van der Waals surface area contributed by atoms with Gasteiger partial charge in [-0.05, 0) is 42.7 Å². The standard InChI is InChI=1S/C15H21NO/c1-2-6-15(12-7-8-12)13(4-1)10-16-14-5-3-9-17-11-14/h1-2,4,6,12,14,16H,3,5,7-11H2. The van der Waals surface area contributed by atoms with Gasteiger partial charge >= 0.3 is 0 Å². The molecule has 2 fully saturated rings. The van der Waals surface area contributed by atoms with Gasteiger partial charge < -0.3 is 10.1 Å². The van der Waals surface area contributed by atoms with Crippen molar-refractivity contribution in [2.24, 2.45) is 0 Å². The summed E-state index contributed by atoms with van der Waals surface area (Å²) in [4.78, 5) is 0. The molecule has 1 aliphatic heterocycles. The van der Waals surface area contributed by atoms with Crippen molar-refractivity contribution in [3.8, 4) is 0 Å². The molecule has 1 unspecified atom stereocenters. The van der Waals surface area contributed by atoms with E-state index in [-0.39, 0.29) is 0 Å². The summed E-state index contributed by atoms with van der Waals surface area (Å²) in [6.07, 6.45) is 5.21. The Labute approximate surface area is 103 Å². The van der Waals surface area contributed by atoms with Crippen LogP contribution in [0.2, 0.25) is 0 Å². The summed E-state index contributed by atoms with van der Waals surface area (Å²) in [5, 5.41) is 3.64. The summed E-state index contributed by atoms with van der Waals surface area (Å²) in [5.74, 6) is 0.843. The molecule has 0 radical (unpaired) electrons. The first-order valence-corrected chi connectivity index (χ1v) is 6.82. The Kier molecular flexibility index (Phi) is 3.44. The van der Waals surface area contributed by atoms with Crippen LogP contribution in [0.3, 0.4) is 0 Å². The maximum Gasteiger partial charge on any atom is 0.0619 e. The van der Waals surface area contributed by atoms with Gasteiger partial charge in [0.15, 0.2) is 0 Å². The highest BCUT2D eigenvalue weighted by Gasteiger charge is 2.25. The Bertz CT molecular complexity index is 367. The normalized spacial score (nSPS) is 24.8. The zero-order valence-electron chi connectivity index (χ0n) is 10.3. The van der Waals surface area contributed by atoms with E-state index < -0.39 is 0 Å². The van der Waals surface area contributed by atoms with Gasteiger partial charge in [-0.25, -0.2) is 0 Å². The summed E-state index contributed by atoms with van der Waals surface area (Å²) in [5.41, 5.74) is 3.05. The first-order valence-electron chi connectivity index (χ1n) is 6.82. The number of rotatable bonds is 4. The monoisotopic (exact) mass is 231 g/mol. The molecule has 1 aromatic rings. The van der Waals surface area contributed by atoms with Crippen molar-refractivity contribution in [2.45, 2.75) is 44.2 Å². The summed E-state index contributed by atoms with van der Waals surface area (Å²) in [7, 11) is 0. The molecule has 1 aliphatic carbocycles. The molecule has 0 amide bonds. The van der Waals surface area contributed by atoms with Gasteiger partial charge in [-0.3, -0.25) is 0 Å². The number of hydrogen-bond acceptors (Lipinski definition) is 2. The molecule has 2 heteroatoms. The average molecular weight is 231 g/mol. The fourth-order valence-corrected chi connectivity index (χ4v) is 2.64. The summed E-state index contributed by atoms with van der Waals surface area (Å²) < 4.78 is 5.50. The van der Waals surface area contributed by atoms with E-state index in [2.05, 4.69) is 29.6 Å². The molecule has 1 saturated heterocycles. The predicted octanol–water partition coefficient (Wildman–Crippen LogP) is 2.83. The van der Waals surface area contributed by atoms with Crippen LogP contribution in [-0.4, -0.2) is 19.3 Å². The van der Waals surface area contributed by atoms with Crippen LogP contribution in [0.5, 0.6) is 0 Å². The minimum atomic E-state index is 0.552. The number of nitrogens with one attached hydrogen (secondary N) is 1. The molecule has 1 heterocycles. The second kappa shape index (κ2) is 5.19. The Morgan fingerprint density at radius 3 is 2.82 bits per heavy atom. The van der Waals surface area contributed by atoms with Gasteiger partial charge in [0.25, 0.3) is 0 Å². The van der Waals surface area contributed by atoms with Crippen molar-refractivity contribution in [1.82, 2.24) is 5.32 Å². The molecule has 0 bridgehead atoms. The number of hydrogen-bond donors (Lipinski definition) is 1. The Morgan fingerprint density at radius 1 is 1.18 bits per heavy atom. The molecule has 3 rings (SSSR count). The predicted molar refractivity (Wildman–Crippen MR) is 69.1 cm³/mol. The quantitative estimate of drug-likeness (QED) is 0.860. The molecule has 0 spiro atoms. The molecule has 1 saturated carbocycles. The molecule has 92 valence electrons. The van der Waals surface area contributed by atoms with E-state index in [0.29, 0.717) is 6.04 Å². The highest BCUT2D eigenvalue weighted by molar-refractivity contribution is 5.33. The SMILES string of the molecule is c1ccc(C2CC2)c(CNC2CCCOC2)c1. The molecular weight excluding hydrogens is 210 g/mol. The van der Waals surface area contributed by atoms with Crippen molar-refractivity contribution >= 4 is 0 Å². The van der Waals surface area contributed by atoms with Crippen LogP contribution in [-0.2, 0) is 11.3 Å². The minimum Gasteiger partial charge on any atom is -0.380 e. The zero-order chi connectivity index (χ0) is 11.5. The lowest BCUT2D eigenvalue weighted by Gasteiger charge is -2.23. The molecular formula is C15H21NO. The lowest BCUT2D eigenvalue weighted by molar-refractivity contribution is 0.0699. The van der Waals surface area contributed by atoms with Crippen molar-refractivity contribution in [1.29, 1.82) is 0 Å². The van der Waals surface area contributed by atoms with Gasteiger partial charge in [0, 0.05) is 19.2 Å². The van der Waals surface area contributed by atoms with Crippen LogP contribution in [0.25, 0.3) is 0 Å². The Morgan fingerprint density at radius 2 is 2.06 bits per heavy atom. The molecule has 1 aromatic carbocycles. The van der Waals surface area contributed by atoms with Crippen LogP contribution in [0.15, 0.2) is 24.3 Å². The van der Waals surface area contributed by atoms with Gasteiger partial charge in [-0.2, -0.15) is 0 Å². The van der Waals surface area contributed by atoms with Crippen LogP contribution in [0.1, 0.15) is 42.7 Å². The van der Waals surface area contributed by atoms with Gasteiger partial charge in [-0.1, -0.05) is 24.3 Å². The topological polar surface area (TPSA) is 21.3 Å². The van der Waals surface area contributed by atoms with Gasteiger partial charge in [-0.15, -0.1) is 0 Å². The van der Waals surface area contributed by atoms with E-state index in [9.17, 15) is 0 Å². The Hall–Kier alpha value is -0.860. The number of benzene rings is 1. The van der Waals surface area contributed by atoms with Gasteiger partial charge in [0.1, 0.15) is 0 Å². The van der Waals surface area contributed by atoms with E-state index in [1.54, 1.807) is 5.56 Å². The first-order chi connectivity index (χ1) is 8.43. The van der Waals surface area contributed by atoms with Crippen molar-refractivity contribution < 1.29 is 4.74 Å². The van der Waals surface area contributed by atoms with E-state index in [4.69, 9.17) is 4.74 Å². The second-order valence-corrected chi connectivity index (χ2v) is 5.27. The fourth-order valence-electron chi connectivity index (χ4n) is 2.64. The van der Waals surface area contributed by atoms with Crippen molar-refractivity contribution in [3.63, 3.8) is 0 Å². The maximum absolute atomic E-state index is 5.50. The third-order valence-corrected chi connectivity index (χ3v) is 3.81. The number of ether oxygens (including phenoxy) is 1. The molecule has 17 heavy (non-hydrogen) atoms. The van der Waals surface area contributed by atoms with Crippen LogP contribution >= 0.6 is 0 Å². The molecule has 0 aromatic heterocycles. The molecule has 1 N–H and O–H groups in total. The Balaban J connectivity index is 1.60. The lowest BCUT2D eigenvalue weighted by Crippen LogP contribution is -2.36. The lowest BCUT2D eigenvalue weighted by atomic mass is 10.0. The third kappa shape index (κ3) is 2.88. The summed E-state index contributed by atoms with van der Waals surface area (Å²) in [6.45, 7) is 2.82. The molecule has 2 aliphatic rings. The van der Waals surface area contributed by atoms with E-state index in [1.807, 2.05) is 0 Å². The average Bonchev–Trinajstić information content (AvgIpc) is 3.22. The highest BCUT2D eigenvalue weighted by atomic mass is 16.5.